The lowest BCUT2D eigenvalue weighted by Gasteiger charge is -2.22. The number of ketones is 1. The number of Topliss-reactive ketones (excluding diaryl/α,β-unsaturated/α-hetero) is 1. The third kappa shape index (κ3) is 6.33. The number of nitrogens with one attached hydrogen (secondary N) is 1. The minimum absolute atomic E-state index is 0.0444. The van der Waals surface area contributed by atoms with E-state index in [0.29, 0.717) is 29.9 Å². The molecular weight excluding hydrogens is 393 g/mol. The van der Waals surface area contributed by atoms with Crippen LogP contribution in [-0.2, 0) is 17.9 Å². The van der Waals surface area contributed by atoms with E-state index >= 15 is 0 Å². The fourth-order valence-corrected chi connectivity index (χ4v) is 3.30. The molecule has 0 fully saturated rings. The van der Waals surface area contributed by atoms with E-state index < -0.39 is 0 Å². The van der Waals surface area contributed by atoms with Crippen LogP contribution < -0.4 is 5.32 Å². The Morgan fingerprint density at radius 1 is 0.968 bits per heavy atom. The molecule has 0 aliphatic rings. The van der Waals surface area contributed by atoms with E-state index in [4.69, 9.17) is 5.26 Å². The fraction of sp³-hybridized carbons (Fsp3) is 0.160. The molecule has 3 rings (SSSR count). The quantitative estimate of drug-likeness (QED) is 0.548. The molecule has 0 atom stereocenters. The molecule has 1 amide bonds. The summed E-state index contributed by atoms with van der Waals surface area (Å²) in [4.78, 5) is 26.5. The van der Waals surface area contributed by atoms with Gasteiger partial charge >= 0.3 is 0 Å². The first-order valence-corrected chi connectivity index (χ1v) is 9.80. The largest absolute Gasteiger partial charge is 0.324 e. The lowest BCUT2D eigenvalue weighted by atomic mass is 10.1. The molecule has 0 aliphatic carbocycles. The van der Waals surface area contributed by atoms with Gasteiger partial charge in [0.25, 0.3) is 0 Å². The Labute approximate surface area is 180 Å². The number of carbonyl (C=O) groups is 2. The lowest BCUT2D eigenvalue weighted by Crippen LogP contribution is -2.33. The van der Waals surface area contributed by atoms with Gasteiger partial charge in [-0.05, 0) is 54.4 Å². The van der Waals surface area contributed by atoms with Gasteiger partial charge in [0.05, 0.1) is 23.9 Å². The van der Waals surface area contributed by atoms with Crippen LogP contribution in [0, 0.1) is 17.1 Å². The molecule has 0 saturated heterocycles. The second-order valence-electron chi connectivity index (χ2n) is 7.23. The van der Waals surface area contributed by atoms with Gasteiger partial charge in [0.1, 0.15) is 5.82 Å². The van der Waals surface area contributed by atoms with Crippen molar-refractivity contribution in [2.75, 3.05) is 11.9 Å². The molecule has 0 spiro atoms. The molecule has 156 valence electrons. The molecule has 0 aliphatic heterocycles. The van der Waals surface area contributed by atoms with E-state index in [1.165, 1.54) is 19.1 Å². The smallest absolute Gasteiger partial charge is 0.238 e. The third-order valence-corrected chi connectivity index (χ3v) is 4.73. The number of amides is 1. The topological polar surface area (TPSA) is 73.2 Å². The molecule has 3 aromatic rings. The van der Waals surface area contributed by atoms with E-state index in [2.05, 4.69) is 11.4 Å². The zero-order valence-electron chi connectivity index (χ0n) is 17.1. The van der Waals surface area contributed by atoms with E-state index in [0.717, 1.165) is 11.1 Å². The zero-order chi connectivity index (χ0) is 22.2. The number of benzene rings is 3. The predicted molar refractivity (Wildman–Crippen MR) is 117 cm³/mol. The summed E-state index contributed by atoms with van der Waals surface area (Å²) >= 11 is 0. The predicted octanol–water partition coefficient (Wildman–Crippen LogP) is 4.54. The summed E-state index contributed by atoms with van der Waals surface area (Å²) in [6.07, 6.45) is 0. The number of para-hydroxylation sites is 1. The Balaban J connectivity index is 1.77. The van der Waals surface area contributed by atoms with Crippen LogP contribution in [0.4, 0.5) is 10.1 Å². The van der Waals surface area contributed by atoms with Gasteiger partial charge in [-0.15, -0.1) is 0 Å². The summed E-state index contributed by atoms with van der Waals surface area (Å²) in [6, 6.07) is 22.3. The number of halogens is 1. The number of nitriles is 1. The maximum absolute atomic E-state index is 13.6. The molecule has 3 aromatic carbocycles. The van der Waals surface area contributed by atoms with Gasteiger partial charge in [0, 0.05) is 18.7 Å². The van der Waals surface area contributed by atoms with Crippen molar-refractivity contribution >= 4 is 17.4 Å². The number of rotatable bonds is 8. The highest BCUT2D eigenvalue weighted by Gasteiger charge is 2.15. The Morgan fingerprint density at radius 2 is 1.68 bits per heavy atom. The Kier molecular flexibility index (Phi) is 7.26. The SMILES string of the molecule is CC(=O)c1ccccc1NC(=O)CN(Cc1ccc(C#N)cc1)Cc1cccc(F)c1. The summed E-state index contributed by atoms with van der Waals surface area (Å²) in [5.74, 6) is -0.750. The van der Waals surface area contributed by atoms with Crippen molar-refractivity contribution in [2.24, 2.45) is 0 Å². The van der Waals surface area contributed by atoms with Crippen LogP contribution in [0.1, 0.15) is 34.0 Å². The lowest BCUT2D eigenvalue weighted by molar-refractivity contribution is -0.117. The number of hydrogen-bond donors (Lipinski definition) is 1. The van der Waals surface area contributed by atoms with Crippen molar-refractivity contribution in [2.45, 2.75) is 20.0 Å². The summed E-state index contributed by atoms with van der Waals surface area (Å²) in [7, 11) is 0. The molecule has 6 heteroatoms. The van der Waals surface area contributed by atoms with Crippen molar-refractivity contribution in [3.63, 3.8) is 0 Å². The number of nitrogens with zero attached hydrogens (tertiary/aromatic N) is 2. The van der Waals surface area contributed by atoms with Crippen LogP contribution in [0.5, 0.6) is 0 Å². The molecule has 1 N–H and O–H groups in total. The number of anilines is 1. The second kappa shape index (κ2) is 10.3. The van der Waals surface area contributed by atoms with Crippen LogP contribution in [0.15, 0.2) is 72.8 Å². The van der Waals surface area contributed by atoms with Gasteiger partial charge in [0.15, 0.2) is 5.78 Å². The van der Waals surface area contributed by atoms with Gasteiger partial charge in [-0.3, -0.25) is 14.5 Å². The van der Waals surface area contributed by atoms with Crippen LogP contribution in [0.2, 0.25) is 0 Å². The third-order valence-electron chi connectivity index (χ3n) is 4.73. The highest BCUT2D eigenvalue weighted by molar-refractivity contribution is 6.04. The first-order chi connectivity index (χ1) is 14.9. The number of hydrogen-bond acceptors (Lipinski definition) is 4. The van der Waals surface area contributed by atoms with Crippen LogP contribution in [0.25, 0.3) is 0 Å². The average Bonchev–Trinajstić information content (AvgIpc) is 2.74. The van der Waals surface area contributed by atoms with Crippen LogP contribution >= 0.6 is 0 Å². The fourth-order valence-electron chi connectivity index (χ4n) is 3.30. The van der Waals surface area contributed by atoms with Crippen molar-refractivity contribution in [3.05, 3.63) is 101 Å². The molecule has 31 heavy (non-hydrogen) atoms. The Morgan fingerprint density at radius 3 is 2.35 bits per heavy atom. The first-order valence-electron chi connectivity index (χ1n) is 9.80. The second-order valence-corrected chi connectivity index (χ2v) is 7.23. The summed E-state index contributed by atoms with van der Waals surface area (Å²) in [5.41, 5.74) is 3.13. The molecule has 0 unspecified atom stereocenters. The number of carbonyl (C=O) groups excluding carboxylic acids is 2. The maximum atomic E-state index is 13.6. The van der Waals surface area contributed by atoms with Crippen molar-refractivity contribution in [1.29, 1.82) is 5.26 Å². The van der Waals surface area contributed by atoms with Crippen LogP contribution in [0.3, 0.4) is 0 Å². The van der Waals surface area contributed by atoms with E-state index in [1.54, 1.807) is 48.5 Å². The van der Waals surface area contributed by atoms with Crippen molar-refractivity contribution < 1.29 is 14.0 Å². The van der Waals surface area contributed by atoms with Crippen molar-refractivity contribution in [3.8, 4) is 6.07 Å². The normalized spacial score (nSPS) is 10.5. The Hall–Kier alpha value is -3.82. The highest BCUT2D eigenvalue weighted by atomic mass is 19.1. The van der Waals surface area contributed by atoms with E-state index in [1.807, 2.05) is 17.0 Å². The van der Waals surface area contributed by atoms with Gasteiger partial charge in [-0.1, -0.05) is 36.4 Å². The molecule has 5 nitrogen and oxygen atoms in total. The molecule has 0 heterocycles. The summed E-state index contributed by atoms with van der Waals surface area (Å²) < 4.78 is 13.6. The standard InChI is InChI=1S/C25H22FN3O2/c1-18(30)23-7-2-3-8-24(23)28-25(31)17-29(16-21-5-4-6-22(26)13-21)15-20-11-9-19(14-27)10-12-20/h2-13H,15-17H2,1H3,(H,28,31). The van der Waals surface area contributed by atoms with Gasteiger partial charge in [-0.2, -0.15) is 5.26 Å². The average molecular weight is 415 g/mol. The monoisotopic (exact) mass is 415 g/mol. The molecule has 0 aromatic heterocycles. The summed E-state index contributed by atoms with van der Waals surface area (Å²) in [6.45, 7) is 2.29. The zero-order valence-corrected chi connectivity index (χ0v) is 17.1. The Bertz CT molecular complexity index is 1120. The van der Waals surface area contributed by atoms with E-state index in [9.17, 15) is 14.0 Å². The molecular formula is C25H22FN3O2. The van der Waals surface area contributed by atoms with Crippen molar-refractivity contribution in [1.82, 2.24) is 4.90 Å². The first kappa shape index (κ1) is 21.9. The minimum Gasteiger partial charge on any atom is -0.324 e. The highest BCUT2D eigenvalue weighted by Crippen LogP contribution is 2.17. The maximum Gasteiger partial charge on any atom is 0.238 e. The van der Waals surface area contributed by atoms with Gasteiger partial charge in [0.2, 0.25) is 5.91 Å². The molecule has 0 saturated carbocycles. The molecule has 0 bridgehead atoms. The minimum atomic E-state index is -0.337. The molecule has 0 radical (unpaired) electrons. The van der Waals surface area contributed by atoms with Crippen LogP contribution in [-0.4, -0.2) is 23.1 Å². The van der Waals surface area contributed by atoms with Gasteiger partial charge < -0.3 is 5.32 Å². The van der Waals surface area contributed by atoms with E-state index in [-0.39, 0.29) is 24.1 Å². The summed E-state index contributed by atoms with van der Waals surface area (Å²) in [5, 5.41) is 11.8. The van der Waals surface area contributed by atoms with Gasteiger partial charge in [-0.25, -0.2) is 4.39 Å².